The van der Waals surface area contributed by atoms with Crippen LogP contribution in [-0.2, 0) is 19.2 Å². The predicted molar refractivity (Wildman–Crippen MR) is 115 cm³/mol. The Balaban J connectivity index is 3.38. The van der Waals surface area contributed by atoms with Gasteiger partial charge in [-0.2, -0.15) is 0 Å². The van der Waals surface area contributed by atoms with Crippen LogP contribution in [0, 0.1) is 0 Å². The molecule has 0 aromatic carbocycles. The fraction of sp³-hybridized carbons (Fsp3) is 0.826. The Hall–Kier alpha value is -1.72. The summed E-state index contributed by atoms with van der Waals surface area (Å²) in [5.41, 5.74) is 0. The molecule has 1 atom stereocenters. The highest BCUT2D eigenvalue weighted by atomic mass is 16.4. The molecule has 0 aromatic heterocycles. The molecule has 0 bridgehead atoms. The van der Waals surface area contributed by atoms with E-state index in [1.807, 2.05) is 0 Å². The van der Waals surface area contributed by atoms with Crippen LogP contribution in [-0.4, -0.2) is 35.6 Å². The maximum absolute atomic E-state index is 11.8. The van der Waals surface area contributed by atoms with E-state index in [-0.39, 0.29) is 18.7 Å². The normalized spacial score (nSPS) is 11.7. The third-order valence-corrected chi connectivity index (χ3v) is 5.18. The number of aliphatic carboxylic acids is 1. The van der Waals surface area contributed by atoms with Crippen LogP contribution in [0.15, 0.2) is 0 Å². The van der Waals surface area contributed by atoms with Crippen molar-refractivity contribution < 1.29 is 24.3 Å². The molecule has 0 aliphatic carbocycles. The number of amides is 1. The molecule has 0 rings (SSSR count). The van der Waals surface area contributed by atoms with Gasteiger partial charge in [0.2, 0.25) is 5.91 Å². The Labute approximate surface area is 176 Å². The summed E-state index contributed by atoms with van der Waals surface area (Å²) in [5.74, 6) is -1.33. The van der Waals surface area contributed by atoms with E-state index in [0.717, 1.165) is 32.0 Å². The number of rotatable bonds is 22. The lowest BCUT2D eigenvalue weighted by molar-refractivity contribution is -0.142. The van der Waals surface area contributed by atoms with Gasteiger partial charge in [-0.25, -0.2) is 4.79 Å². The smallest absolute Gasteiger partial charge is 0.326 e. The van der Waals surface area contributed by atoms with E-state index < -0.39 is 12.0 Å². The zero-order valence-electron chi connectivity index (χ0n) is 18.0. The van der Waals surface area contributed by atoms with Crippen LogP contribution < -0.4 is 5.32 Å². The highest BCUT2D eigenvalue weighted by molar-refractivity contribution is 5.83. The molecule has 6 heteroatoms. The van der Waals surface area contributed by atoms with Crippen LogP contribution in [0.3, 0.4) is 0 Å². The van der Waals surface area contributed by atoms with Crippen molar-refractivity contribution in [3.63, 3.8) is 0 Å². The lowest BCUT2D eigenvalue weighted by Crippen LogP contribution is -2.40. The summed E-state index contributed by atoms with van der Waals surface area (Å²) < 4.78 is 0. The van der Waals surface area contributed by atoms with Crippen LogP contribution in [0.5, 0.6) is 0 Å². The molecule has 0 saturated carbocycles. The Morgan fingerprint density at radius 3 is 1.48 bits per heavy atom. The van der Waals surface area contributed by atoms with Gasteiger partial charge in [-0.05, 0) is 19.3 Å². The second kappa shape index (κ2) is 21.0. The zero-order valence-corrected chi connectivity index (χ0v) is 18.0. The molecule has 0 fully saturated rings. The molecule has 0 saturated heterocycles. The molecule has 1 unspecified atom stereocenters. The summed E-state index contributed by atoms with van der Waals surface area (Å²) in [5, 5.41) is 11.5. The molecule has 0 radical (unpaired) electrons. The average Bonchev–Trinajstić information content (AvgIpc) is 2.70. The van der Waals surface area contributed by atoms with E-state index in [2.05, 4.69) is 5.32 Å². The third-order valence-electron chi connectivity index (χ3n) is 5.18. The molecular formula is C23H41NO5. The van der Waals surface area contributed by atoms with E-state index in [4.69, 9.17) is 5.11 Å². The van der Waals surface area contributed by atoms with E-state index in [0.29, 0.717) is 19.1 Å². The summed E-state index contributed by atoms with van der Waals surface area (Å²) in [4.78, 5) is 43.4. The van der Waals surface area contributed by atoms with Crippen LogP contribution in [0.25, 0.3) is 0 Å². The molecule has 6 nitrogen and oxygen atoms in total. The van der Waals surface area contributed by atoms with Gasteiger partial charge in [0.15, 0.2) is 0 Å². The van der Waals surface area contributed by atoms with Crippen LogP contribution in [0.1, 0.15) is 116 Å². The molecule has 0 aliphatic rings. The number of carbonyl (C=O) groups is 4. The minimum Gasteiger partial charge on any atom is -0.480 e. The Morgan fingerprint density at radius 2 is 1.07 bits per heavy atom. The first-order valence-corrected chi connectivity index (χ1v) is 11.5. The molecule has 1 amide bonds. The van der Waals surface area contributed by atoms with Gasteiger partial charge in [-0.3, -0.25) is 4.79 Å². The first-order valence-electron chi connectivity index (χ1n) is 11.5. The lowest BCUT2D eigenvalue weighted by Gasteiger charge is -2.13. The summed E-state index contributed by atoms with van der Waals surface area (Å²) in [6.45, 7) is 0. The van der Waals surface area contributed by atoms with Crippen LogP contribution >= 0.6 is 0 Å². The zero-order chi connectivity index (χ0) is 21.6. The van der Waals surface area contributed by atoms with Crippen molar-refractivity contribution in [2.75, 3.05) is 0 Å². The number of unbranched alkanes of at least 4 members (excludes halogenated alkanes) is 14. The lowest BCUT2D eigenvalue weighted by atomic mass is 10.0. The number of hydrogen-bond donors (Lipinski definition) is 2. The van der Waals surface area contributed by atoms with Crippen molar-refractivity contribution in [1.82, 2.24) is 5.32 Å². The van der Waals surface area contributed by atoms with Gasteiger partial charge in [-0.1, -0.05) is 77.0 Å². The predicted octanol–water partition coefficient (Wildman–Crippen LogP) is 4.98. The van der Waals surface area contributed by atoms with E-state index in [1.165, 1.54) is 64.2 Å². The molecule has 2 N–H and O–H groups in total. The van der Waals surface area contributed by atoms with Crippen molar-refractivity contribution in [2.45, 2.75) is 122 Å². The summed E-state index contributed by atoms with van der Waals surface area (Å²) in [6, 6.07) is -0.963. The summed E-state index contributed by atoms with van der Waals surface area (Å²) in [6.07, 6.45) is 19.6. The molecule has 29 heavy (non-hydrogen) atoms. The quantitative estimate of drug-likeness (QED) is 0.193. The standard InChI is InChI=1S/C23H41NO5/c25-19-15-13-11-9-7-5-3-1-2-4-6-8-10-12-14-18-22(27)24-21(23(28)29)17-16-20-26/h19-21H,1-18H2,(H,24,27)(H,28,29). The number of carboxylic acids is 1. The molecule has 0 aromatic rings. The van der Waals surface area contributed by atoms with Crippen LogP contribution in [0.2, 0.25) is 0 Å². The van der Waals surface area contributed by atoms with Crippen molar-refractivity contribution in [2.24, 2.45) is 0 Å². The fourth-order valence-corrected chi connectivity index (χ4v) is 3.39. The van der Waals surface area contributed by atoms with Gasteiger partial charge in [0.1, 0.15) is 18.6 Å². The Kier molecular flexibility index (Phi) is 19.8. The van der Waals surface area contributed by atoms with Crippen molar-refractivity contribution in [3.05, 3.63) is 0 Å². The number of carbonyl (C=O) groups excluding carboxylic acids is 3. The van der Waals surface area contributed by atoms with Gasteiger partial charge in [0.05, 0.1) is 0 Å². The van der Waals surface area contributed by atoms with Gasteiger partial charge < -0.3 is 20.0 Å². The van der Waals surface area contributed by atoms with Gasteiger partial charge in [0, 0.05) is 19.3 Å². The molecule has 168 valence electrons. The summed E-state index contributed by atoms with van der Waals surface area (Å²) in [7, 11) is 0. The highest BCUT2D eigenvalue weighted by Crippen LogP contribution is 2.13. The maximum Gasteiger partial charge on any atom is 0.326 e. The highest BCUT2D eigenvalue weighted by Gasteiger charge is 2.18. The van der Waals surface area contributed by atoms with Crippen molar-refractivity contribution in [1.29, 1.82) is 0 Å². The molecular weight excluding hydrogens is 370 g/mol. The average molecular weight is 412 g/mol. The fourth-order valence-electron chi connectivity index (χ4n) is 3.39. The Morgan fingerprint density at radius 1 is 0.655 bits per heavy atom. The second-order valence-corrected chi connectivity index (χ2v) is 7.86. The van der Waals surface area contributed by atoms with Gasteiger partial charge >= 0.3 is 5.97 Å². The number of aldehydes is 2. The first kappa shape index (κ1) is 27.3. The number of carboxylic acid groups (broad SMARTS) is 1. The number of nitrogens with one attached hydrogen (secondary N) is 1. The topological polar surface area (TPSA) is 101 Å². The second-order valence-electron chi connectivity index (χ2n) is 7.86. The minimum atomic E-state index is -1.09. The SMILES string of the molecule is O=CCCCCCCCCCCCCCCCCC(=O)NC(CCC=O)C(=O)O. The summed E-state index contributed by atoms with van der Waals surface area (Å²) >= 11 is 0. The van der Waals surface area contributed by atoms with E-state index >= 15 is 0 Å². The van der Waals surface area contributed by atoms with Crippen molar-refractivity contribution in [3.8, 4) is 0 Å². The van der Waals surface area contributed by atoms with Crippen molar-refractivity contribution >= 4 is 24.4 Å². The molecule has 0 spiro atoms. The maximum atomic E-state index is 11.8. The Bertz CT molecular complexity index is 439. The van der Waals surface area contributed by atoms with Crippen LogP contribution in [0.4, 0.5) is 0 Å². The largest absolute Gasteiger partial charge is 0.480 e. The van der Waals surface area contributed by atoms with E-state index in [9.17, 15) is 19.2 Å². The number of hydrogen-bond acceptors (Lipinski definition) is 4. The first-order chi connectivity index (χ1) is 14.1. The third kappa shape index (κ3) is 19.4. The van der Waals surface area contributed by atoms with Gasteiger partial charge in [0.25, 0.3) is 0 Å². The monoisotopic (exact) mass is 411 g/mol. The van der Waals surface area contributed by atoms with Gasteiger partial charge in [-0.15, -0.1) is 0 Å². The minimum absolute atomic E-state index is 0.139. The molecule has 0 aliphatic heterocycles. The van der Waals surface area contributed by atoms with E-state index in [1.54, 1.807) is 0 Å². The molecule has 0 heterocycles.